The van der Waals surface area contributed by atoms with Crippen molar-refractivity contribution >= 4 is 13.7 Å². The minimum absolute atomic E-state index is 0.0222. The monoisotopic (exact) mass is 441 g/mol. The van der Waals surface area contributed by atoms with Gasteiger partial charge in [-0.3, -0.25) is 9.32 Å². The summed E-state index contributed by atoms with van der Waals surface area (Å²) in [6, 6.07) is 7.86. The number of unbranched alkanes of at least 4 members (excludes halogenated alkanes) is 6. The van der Waals surface area contributed by atoms with Crippen LogP contribution in [0.1, 0.15) is 70.3 Å². The summed E-state index contributed by atoms with van der Waals surface area (Å²) in [7, 11) is -4.51. The van der Waals surface area contributed by atoms with Crippen LogP contribution in [0.25, 0.3) is 0 Å². The van der Waals surface area contributed by atoms with Crippen LogP contribution in [0.5, 0.6) is 5.75 Å². The molecule has 0 spiro atoms. The summed E-state index contributed by atoms with van der Waals surface area (Å²) in [6.45, 7) is 3.66. The zero-order chi connectivity index (χ0) is 21.8. The van der Waals surface area contributed by atoms with E-state index in [4.69, 9.17) is 14.5 Å². The molecule has 0 bridgehead atoms. The number of nitrogens with zero attached hydrogens (tertiary/aromatic N) is 1. The molecule has 8 heteroatoms. The molecule has 1 aromatic rings. The van der Waals surface area contributed by atoms with Crippen LogP contribution < -0.4 is 4.74 Å². The van der Waals surface area contributed by atoms with Crippen molar-refractivity contribution < 1.29 is 28.4 Å². The summed E-state index contributed by atoms with van der Waals surface area (Å²) in [5.74, 6) is 0.833. The van der Waals surface area contributed by atoms with Crippen LogP contribution >= 0.6 is 7.82 Å². The maximum absolute atomic E-state index is 12.3. The van der Waals surface area contributed by atoms with Crippen LogP contribution in [-0.4, -0.2) is 46.4 Å². The average Bonchev–Trinajstić information content (AvgIpc) is 3.16. The predicted octanol–water partition coefficient (Wildman–Crippen LogP) is 4.46. The number of hydrogen-bond acceptors (Lipinski definition) is 4. The van der Waals surface area contributed by atoms with Crippen molar-refractivity contribution in [3.8, 4) is 5.75 Å². The number of likely N-dealkylation sites (tertiary alicyclic amines) is 1. The van der Waals surface area contributed by atoms with Gasteiger partial charge in [0.25, 0.3) is 0 Å². The highest BCUT2D eigenvalue weighted by Gasteiger charge is 2.31. The van der Waals surface area contributed by atoms with Crippen molar-refractivity contribution in [3.63, 3.8) is 0 Å². The molecule has 0 unspecified atom stereocenters. The van der Waals surface area contributed by atoms with Crippen LogP contribution in [0, 0.1) is 0 Å². The Kier molecular flexibility index (Phi) is 10.9. The largest absolute Gasteiger partial charge is 0.494 e. The van der Waals surface area contributed by atoms with E-state index in [-0.39, 0.29) is 12.5 Å². The van der Waals surface area contributed by atoms with E-state index in [2.05, 4.69) is 11.4 Å². The number of amides is 1. The fourth-order valence-electron chi connectivity index (χ4n) is 3.65. The zero-order valence-corrected chi connectivity index (χ0v) is 18.9. The molecule has 1 atom stereocenters. The number of rotatable bonds is 14. The molecule has 170 valence electrons. The lowest BCUT2D eigenvalue weighted by Crippen LogP contribution is -2.30. The second kappa shape index (κ2) is 13.1. The standard InChI is InChI=1S/C22H36NO6P/c1-2-3-4-5-6-7-8-17-28-20-12-9-19(10-13-20)11-14-22(24)23-16-15-21(18-23)29-30(25,26)27/h9-10,12-13,21H,2-8,11,14-18H2,1H3,(H2,25,26,27)/t21-/m1/s1. The molecule has 1 aromatic carbocycles. The minimum Gasteiger partial charge on any atom is -0.494 e. The first-order valence-corrected chi connectivity index (χ1v) is 12.6. The highest BCUT2D eigenvalue weighted by Crippen LogP contribution is 2.39. The molecule has 2 rings (SSSR count). The van der Waals surface area contributed by atoms with Crippen molar-refractivity contribution in [1.82, 2.24) is 4.90 Å². The Morgan fingerprint density at radius 3 is 2.43 bits per heavy atom. The molecular formula is C22H36NO6P. The second-order valence-corrected chi connectivity index (χ2v) is 9.15. The van der Waals surface area contributed by atoms with Gasteiger partial charge in [-0.2, -0.15) is 0 Å². The Bertz CT molecular complexity index is 675. The highest BCUT2D eigenvalue weighted by molar-refractivity contribution is 7.46. The molecule has 1 amide bonds. The fraction of sp³-hybridized carbons (Fsp3) is 0.682. The molecule has 0 radical (unpaired) electrons. The Morgan fingerprint density at radius 1 is 1.10 bits per heavy atom. The lowest BCUT2D eigenvalue weighted by Gasteiger charge is -2.17. The van der Waals surface area contributed by atoms with Gasteiger partial charge in [-0.15, -0.1) is 0 Å². The Balaban J connectivity index is 1.60. The molecular weight excluding hydrogens is 405 g/mol. The maximum atomic E-state index is 12.3. The van der Waals surface area contributed by atoms with E-state index >= 15 is 0 Å². The zero-order valence-electron chi connectivity index (χ0n) is 18.0. The number of benzene rings is 1. The van der Waals surface area contributed by atoms with Crippen molar-refractivity contribution in [2.24, 2.45) is 0 Å². The van der Waals surface area contributed by atoms with E-state index in [1.165, 1.54) is 38.5 Å². The minimum atomic E-state index is -4.51. The molecule has 1 aliphatic rings. The summed E-state index contributed by atoms with van der Waals surface area (Å²) in [5, 5.41) is 0. The third kappa shape index (κ3) is 10.1. The van der Waals surface area contributed by atoms with Gasteiger partial charge in [-0.05, 0) is 37.0 Å². The first-order valence-electron chi connectivity index (χ1n) is 11.1. The Hall–Kier alpha value is -1.40. The van der Waals surface area contributed by atoms with Crippen LogP contribution in [-0.2, 0) is 20.3 Å². The first-order chi connectivity index (χ1) is 14.4. The molecule has 2 N–H and O–H groups in total. The van der Waals surface area contributed by atoms with Crippen LogP contribution in [0.3, 0.4) is 0 Å². The van der Waals surface area contributed by atoms with Crippen LogP contribution in [0.2, 0.25) is 0 Å². The van der Waals surface area contributed by atoms with Gasteiger partial charge in [0.1, 0.15) is 5.75 Å². The van der Waals surface area contributed by atoms with Gasteiger partial charge in [0.2, 0.25) is 5.91 Å². The molecule has 7 nitrogen and oxygen atoms in total. The Labute approximate surface area is 180 Å². The van der Waals surface area contributed by atoms with Crippen LogP contribution in [0.4, 0.5) is 0 Å². The number of hydrogen-bond donors (Lipinski definition) is 2. The molecule has 1 saturated heterocycles. The van der Waals surface area contributed by atoms with E-state index in [0.717, 1.165) is 24.3 Å². The summed E-state index contributed by atoms with van der Waals surface area (Å²) >= 11 is 0. The van der Waals surface area contributed by atoms with Gasteiger partial charge < -0.3 is 19.4 Å². The predicted molar refractivity (Wildman–Crippen MR) is 116 cm³/mol. The van der Waals surface area contributed by atoms with E-state index in [0.29, 0.717) is 25.8 Å². The SMILES string of the molecule is CCCCCCCCCOc1ccc(CCC(=O)N2CC[C@@H](OP(=O)(O)O)C2)cc1. The number of phosphoric ester groups is 1. The van der Waals surface area contributed by atoms with Gasteiger partial charge >= 0.3 is 7.82 Å². The second-order valence-electron chi connectivity index (χ2n) is 7.96. The maximum Gasteiger partial charge on any atom is 0.469 e. The third-order valence-electron chi connectivity index (χ3n) is 5.35. The molecule has 1 heterocycles. The van der Waals surface area contributed by atoms with E-state index in [9.17, 15) is 9.36 Å². The van der Waals surface area contributed by atoms with Gasteiger partial charge in [0, 0.05) is 19.5 Å². The number of ether oxygens (including phenoxy) is 1. The summed E-state index contributed by atoms with van der Waals surface area (Å²) in [4.78, 5) is 31.7. The average molecular weight is 442 g/mol. The first kappa shape index (κ1) is 24.9. The molecule has 1 aliphatic heterocycles. The summed E-state index contributed by atoms with van der Waals surface area (Å²) in [6.07, 6.45) is 9.66. The number of carbonyl (C=O) groups is 1. The summed E-state index contributed by atoms with van der Waals surface area (Å²) < 4.78 is 21.4. The van der Waals surface area contributed by atoms with Crippen molar-refractivity contribution in [2.45, 2.75) is 77.2 Å². The third-order valence-corrected chi connectivity index (χ3v) is 5.92. The summed E-state index contributed by atoms with van der Waals surface area (Å²) in [5.41, 5.74) is 1.06. The van der Waals surface area contributed by atoms with Gasteiger partial charge in [0.05, 0.1) is 12.7 Å². The van der Waals surface area contributed by atoms with Crippen molar-refractivity contribution in [1.29, 1.82) is 0 Å². The van der Waals surface area contributed by atoms with Gasteiger partial charge in [0.15, 0.2) is 0 Å². The van der Waals surface area contributed by atoms with E-state index < -0.39 is 13.9 Å². The molecule has 30 heavy (non-hydrogen) atoms. The number of aryl methyl sites for hydroxylation is 1. The molecule has 0 aromatic heterocycles. The van der Waals surface area contributed by atoms with E-state index in [1.807, 2.05) is 24.3 Å². The van der Waals surface area contributed by atoms with Crippen LogP contribution in [0.15, 0.2) is 24.3 Å². The lowest BCUT2D eigenvalue weighted by atomic mass is 10.1. The molecule has 0 saturated carbocycles. The van der Waals surface area contributed by atoms with Crippen molar-refractivity contribution in [2.75, 3.05) is 19.7 Å². The smallest absolute Gasteiger partial charge is 0.469 e. The van der Waals surface area contributed by atoms with Gasteiger partial charge in [-0.1, -0.05) is 57.6 Å². The van der Waals surface area contributed by atoms with Gasteiger partial charge in [-0.25, -0.2) is 4.57 Å². The highest BCUT2D eigenvalue weighted by atomic mass is 31.2. The fourth-order valence-corrected chi connectivity index (χ4v) is 4.21. The lowest BCUT2D eigenvalue weighted by molar-refractivity contribution is -0.130. The number of phosphoric acid groups is 1. The molecule has 1 fully saturated rings. The topological polar surface area (TPSA) is 96.3 Å². The Morgan fingerprint density at radius 2 is 1.77 bits per heavy atom. The molecule has 0 aliphatic carbocycles. The number of carbonyl (C=O) groups excluding carboxylic acids is 1. The quantitative estimate of drug-likeness (QED) is 0.327. The normalized spacial score (nSPS) is 16.8. The van der Waals surface area contributed by atoms with E-state index in [1.54, 1.807) is 4.90 Å². The van der Waals surface area contributed by atoms with Crippen molar-refractivity contribution in [3.05, 3.63) is 29.8 Å².